The van der Waals surface area contributed by atoms with Crippen LogP contribution in [0.1, 0.15) is 23.2 Å². The highest BCUT2D eigenvalue weighted by Gasteiger charge is 2.26. The third-order valence-electron chi connectivity index (χ3n) is 3.40. The molecular weight excluding hydrogens is 323 g/mol. The Labute approximate surface area is 131 Å². The largest absolute Gasteiger partial charge is 0.377 e. The maximum Gasteiger partial charge on any atom is 0.256 e. The molecule has 0 unspecified atom stereocenters. The Morgan fingerprint density at radius 2 is 1.95 bits per heavy atom. The predicted molar refractivity (Wildman–Crippen MR) is 77.0 cm³/mol. The van der Waals surface area contributed by atoms with Gasteiger partial charge < -0.3 is 9.64 Å². The molecule has 1 fully saturated rings. The number of benzene rings is 1. The lowest BCUT2D eigenvalue weighted by atomic mass is 10.1. The van der Waals surface area contributed by atoms with E-state index in [4.69, 9.17) is 27.9 Å². The van der Waals surface area contributed by atoms with E-state index in [-0.39, 0.29) is 16.7 Å². The van der Waals surface area contributed by atoms with Crippen LogP contribution in [-0.4, -0.2) is 42.5 Å². The first kappa shape index (κ1) is 16.5. The van der Waals surface area contributed by atoms with Crippen molar-refractivity contribution in [3.8, 4) is 0 Å². The van der Waals surface area contributed by atoms with Gasteiger partial charge in [-0.1, -0.05) is 11.6 Å². The molecular formula is C14H15Cl2F2NO2. The summed E-state index contributed by atoms with van der Waals surface area (Å²) in [5.41, 5.74) is -0.294. The van der Waals surface area contributed by atoms with Crippen LogP contribution in [0.15, 0.2) is 12.1 Å². The summed E-state index contributed by atoms with van der Waals surface area (Å²) in [4.78, 5) is 13.7. The summed E-state index contributed by atoms with van der Waals surface area (Å²) in [6.45, 7) is 1.35. The molecule has 1 aliphatic heterocycles. The number of amides is 1. The Hall–Kier alpha value is -0.910. The number of hydrogen-bond acceptors (Lipinski definition) is 2. The molecule has 7 heteroatoms. The monoisotopic (exact) mass is 337 g/mol. The number of halogens is 4. The van der Waals surface area contributed by atoms with Crippen LogP contribution in [0.4, 0.5) is 8.78 Å². The van der Waals surface area contributed by atoms with Gasteiger partial charge >= 0.3 is 0 Å². The van der Waals surface area contributed by atoms with Gasteiger partial charge in [-0.2, -0.15) is 0 Å². The second kappa shape index (κ2) is 7.38. The average molecular weight is 338 g/mol. The Balaban J connectivity index is 2.00. The van der Waals surface area contributed by atoms with Gasteiger partial charge in [-0.05, 0) is 25.0 Å². The van der Waals surface area contributed by atoms with Crippen LogP contribution in [0.5, 0.6) is 0 Å². The lowest BCUT2D eigenvalue weighted by Crippen LogP contribution is -2.41. The van der Waals surface area contributed by atoms with Gasteiger partial charge in [-0.25, -0.2) is 8.78 Å². The van der Waals surface area contributed by atoms with Crippen LogP contribution in [0, 0.1) is 11.6 Å². The van der Waals surface area contributed by atoms with Gasteiger partial charge in [-0.15, -0.1) is 11.6 Å². The van der Waals surface area contributed by atoms with E-state index >= 15 is 0 Å². The number of carbonyl (C=O) groups excluding carboxylic acids is 1. The Bertz CT molecular complexity index is 520. The Kier molecular flexibility index (Phi) is 5.79. The fourth-order valence-corrected chi connectivity index (χ4v) is 2.53. The first-order valence-electron chi connectivity index (χ1n) is 6.64. The SMILES string of the molecule is O=C(c1cc(F)c(Cl)cc1F)N1CCC(OCCCl)CC1. The number of nitrogens with zero attached hydrogens (tertiary/aromatic N) is 1. The third-order valence-corrected chi connectivity index (χ3v) is 3.84. The molecule has 2 rings (SSSR count). The molecule has 1 amide bonds. The second-order valence-corrected chi connectivity index (χ2v) is 5.58. The van der Waals surface area contributed by atoms with E-state index in [1.807, 2.05) is 0 Å². The summed E-state index contributed by atoms with van der Waals surface area (Å²) >= 11 is 11.0. The van der Waals surface area contributed by atoms with E-state index in [0.29, 0.717) is 38.4 Å². The number of carbonyl (C=O) groups is 1. The zero-order valence-electron chi connectivity index (χ0n) is 11.3. The molecule has 1 aromatic carbocycles. The summed E-state index contributed by atoms with van der Waals surface area (Å²) in [7, 11) is 0. The van der Waals surface area contributed by atoms with Crippen LogP contribution in [0.2, 0.25) is 5.02 Å². The fourth-order valence-electron chi connectivity index (χ4n) is 2.29. The van der Waals surface area contributed by atoms with Crippen molar-refractivity contribution >= 4 is 29.1 Å². The van der Waals surface area contributed by atoms with Crippen molar-refractivity contribution in [3.63, 3.8) is 0 Å². The average Bonchev–Trinajstić information content (AvgIpc) is 2.48. The van der Waals surface area contributed by atoms with Gasteiger partial charge in [0.2, 0.25) is 0 Å². The molecule has 0 bridgehead atoms. The number of hydrogen-bond donors (Lipinski definition) is 0. The van der Waals surface area contributed by atoms with E-state index in [1.165, 1.54) is 4.90 Å². The Morgan fingerprint density at radius 1 is 1.29 bits per heavy atom. The first-order valence-corrected chi connectivity index (χ1v) is 7.55. The summed E-state index contributed by atoms with van der Waals surface area (Å²) in [5.74, 6) is -1.72. The van der Waals surface area contributed by atoms with Crippen LogP contribution in [0.25, 0.3) is 0 Å². The molecule has 116 valence electrons. The maximum absolute atomic E-state index is 13.7. The van der Waals surface area contributed by atoms with Gasteiger partial charge in [0.25, 0.3) is 5.91 Å². The number of ether oxygens (including phenoxy) is 1. The highest BCUT2D eigenvalue weighted by Crippen LogP contribution is 2.22. The lowest BCUT2D eigenvalue weighted by Gasteiger charge is -2.32. The molecule has 21 heavy (non-hydrogen) atoms. The summed E-state index contributed by atoms with van der Waals surface area (Å²) in [6, 6.07) is 1.66. The van der Waals surface area contributed by atoms with Gasteiger partial charge in [0.15, 0.2) is 0 Å². The highest BCUT2D eigenvalue weighted by molar-refractivity contribution is 6.30. The van der Waals surface area contributed by atoms with Crippen molar-refractivity contribution in [2.45, 2.75) is 18.9 Å². The minimum atomic E-state index is -0.813. The molecule has 1 saturated heterocycles. The van der Waals surface area contributed by atoms with Crippen LogP contribution in [0.3, 0.4) is 0 Å². The minimum Gasteiger partial charge on any atom is -0.377 e. The van der Waals surface area contributed by atoms with Crippen molar-refractivity contribution in [1.29, 1.82) is 0 Å². The van der Waals surface area contributed by atoms with E-state index in [1.54, 1.807) is 0 Å². The molecule has 0 radical (unpaired) electrons. The Morgan fingerprint density at radius 3 is 2.57 bits per heavy atom. The molecule has 3 nitrogen and oxygen atoms in total. The standard InChI is InChI=1S/C14H15Cl2F2NO2/c15-3-6-21-9-1-4-19(5-2-9)14(20)10-7-13(18)11(16)8-12(10)17/h7-9H,1-6H2. The van der Waals surface area contributed by atoms with Crippen molar-refractivity contribution in [2.75, 3.05) is 25.6 Å². The number of piperidine rings is 1. The summed E-state index contributed by atoms with van der Waals surface area (Å²) in [5, 5.41) is -0.336. The molecule has 1 aromatic rings. The fraction of sp³-hybridized carbons (Fsp3) is 0.500. The quantitative estimate of drug-likeness (QED) is 0.621. The van der Waals surface area contributed by atoms with E-state index in [0.717, 1.165) is 12.1 Å². The molecule has 1 aliphatic rings. The molecule has 0 atom stereocenters. The predicted octanol–water partition coefficient (Wildman–Crippen LogP) is 3.48. The zero-order valence-corrected chi connectivity index (χ0v) is 12.8. The minimum absolute atomic E-state index is 0.0552. The molecule has 0 aromatic heterocycles. The third kappa shape index (κ3) is 4.05. The van der Waals surface area contributed by atoms with Crippen molar-refractivity contribution in [2.24, 2.45) is 0 Å². The van der Waals surface area contributed by atoms with Crippen LogP contribution < -0.4 is 0 Å². The normalized spacial score (nSPS) is 16.3. The van der Waals surface area contributed by atoms with E-state index < -0.39 is 17.5 Å². The zero-order chi connectivity index (χ0) is 15.4. The van der Waals surface area contributed by atoms with Gasteiger partial charge in [0.05, 0.1) is 23.3 Å². The summed E-state index contributed by atoms with van der Waals surface area (Å²) in [6.07, 6.45) is 1.36. The number of rotatable bonds is 4. The topological polar surface area (TPSA) is 29.5 Å². The molecule has 0 spiro atoms. The smallest absolute Gasteiger partial charge is 0.256 e. The van der Waals surface area contributed by atoms with Crippen molar-refractivity contribution in [1.82, 2.24) is 4.90 Å². The number of likely N-dealkylation sites (tertiary alicyclic amines) is 1. The lowest BCUT2D eigenvalue weighted by molar-refractivity contribution is 0.0152. The molecule has 1 heterocycles. The second-order valence-electron chi connectivity index (χ2n) is 4.80. The molecule has 0 aliphatic carbocycles. The van der Waals surface area contributed by atoms with E-state index in [2.05, 4.69) is 0 Å². The van der Waals surface area contributed by atoms with Gasteiger partial charge in [0, 0.05) is 19.0 Å². The highest BCUT2D eigenvalue weighted by atomic mass is 35.5. The summed E-state index contributed by atoms with van der Waals surface area (Å²) < 4.78 is 32.6. The van der Waals surface area contributed by atoms with Crippen LogP contribution >= 0.6 is 23.2 Å². The van der Waals surface area contributed by atoms with Crippen LogP contribution in [-0.2, 0) is 4.74 Å². The van der Waals surface area contributed by atoms with E-state index in [9.17, 15) is 13.6 Å². The first-order chi connectivity index (χ1) is 10.0. The molecule has 0 N–H and O–H groups in total. The maximum atomic E-state index is 13.7. The molecule has 0 saturated carbocycles. The van der Waals surface area contributed by atoms with Gasteiger partial charge in [0.1, 0.15) is 11.6 Å². The number of alkyl halides is 1. The van der Waals surface area contributed by atoms with Crippen molar-refractivity contribution in [3.05, 3.63) is 34.4 Å². The van der Waals surface area contributed by atoms with Gasteiger partial charge in [-0.3, -0.25) is 4.79 Å². The van der Waals surface area contributed by atoms with Crippen molar-refractivity contribution < 1.29 is 18.3 Å².